The van der Waals surface area contributed by atoms with Crippen LogP contribution in [0.1, 0.15) is 50.2 Å². The smallest absolute Gasteiger partial charge is 0.284 e. The summed E-state index contributed by atoms with van der Waals surface area (Å²) in [6.07, 6.45) is 9.98. The number of phenols is 1. The molecule has 2 aliphatic rings. The number of likely N-dealkylation sites (tertiary alicyclic amines) is 1. The maximum atomic E-state index is 13.5. The molecule has 1 aromatic rings. The van der Waals surface area contributed by atoms with Crippen LogP contribution < -0.4 is 16.8 Å². The van der Waals surface area contributed by atoms with Crippen LogP contribution >= 0.6 is 21.0 Å². The Morgan fingerprint density at radius 1 is 1.31 bits per heavy atom. The zero-order chi connectivity index (χ0) is 23.5. The van der Waals surface area contributed by atoms with Crippen LogP contribution in [0.5, 0.6) is 5.75 Å². The largest absolute Gasteiger partial charge is 0.507 e. The molecule has 1 aliphatic carbocycles. The molecule has 0 amide bonds. The van der Waals surface area contributed by atoms with E-state index in [0.717, 1.165) is 37.2 Å². The quantitative estimate of drug-likeness (QED) is 0.344. The molecule has 3 rings (SSSR count). The monoisotopic (exact) mass is 484 g/mol. The second-order valence-electron chi connectivity index (χ2n) is 8.85. The summed E-state index contributed by atoms with van der Waals surface area (Å²) in [6, 6.07) is 4.64. The Labute approximate surface area is 196 Å². The third-order valence-corrected chi connectivity index (χ3v) is 7.93. The van der Waals surface area contributed by atoms with Gasteiger partial charge in [-0.2, -0.15) is 20.5 Å². The fourth-order valence-corrected chi connectivity index (χ4v) is 5.65. The number of hydrogen-bond donors (Lipinski definition) is 4. The van der Waals surface area contributed by atoms with Crippen molar-refractivity contribution < 1.29 is 13.9 Å². The van der Waals surface area contributed by atoms with Crippen LogP contribution in [0.2, 0.25) is 0 Å². The summed E-state index contributed by atoms with van der Waals surface area (Å²) in [4.78, 5) is 2.60. The van der Waals surface area contributed by atoms with Gasteiger partial charge in [-0.05, 0) is 75.6 Å². The predicted molar refractivity (Wildman–Crippen MR) is 133 cm³/mol. The van der Waals surface area contributed by atoms with Crippen LogP contribution in [0.3, 0.4) is 0 Å². The van der Waals surface area contributed by atoms with Crippen molar-refractivity contribution in [1.82, 2.24) is 10.2 Å². The van der Waals surface area contributed by atoms with E-state index in [1.165, 1.54) is 40.6 Å². The number of nitrogens with one attached hydrogen (secondary N) is 1. The first kappa shape index (κ1) is 25.1. The topological polar surface area (TPSA) is 87.5 Å². The Hall–Kier alpha value is -1.50. The van der Waals surface area contributed by atoms with Crippen molar-refractivity contribution in [3.05, 3.63) is 46.8 Å². The second kappa shape index (κ2) is 10.6. The van der Waals surface area contributed by atoms with Gasteiger partial charge in [0, 0.05) is 40.7 Å². The number of piperidine rings is 1. The fraction of sp³-hybridized carbons (Fsp3) is 0.565. The first-order valence-electron chi connectivity index (χ1n) is 11.1. The molecule has 178 valence electrons. The molecule has 6 N–H and O–H groups in total. The Morgan fingerprint density at radius 3 is 2.69 bits per heavy atom. The maximum absolute atomic E-state index is 13.5. The van der Waals surface area contributed by atoms with Crippen LogP contribution in [-0.4, -0.2) is 46.7 Å². The SMILES string of the molecule is CSC1CC[C@H](N2CCCC(N/C(N)=C/C(C)=C(\N)c3ccc(C(F)(F)P)cc3O)C2)C1. The fourth-order valence-electron chi connectivity index (χ4n) is 4.69. The van der Waals surface area contributed by atoms with Crippen LogP contribution in [0, 0.1) is 0 Å². The average Bonchev–Trinajstić information content (AvgIpc) is 3.22. The van der Waals surface area contributed by atoms with Crippen molar-refractivity contribution in [3.63, 3.8) is 0 Å². The molecule has 2 fully saturated rings. The van der Waals surface area contributed by atoms with Crippen molar-refractivity contribution in [2.45, 2.75) is 62.0 Å². The summed E-state index contributed by atoms with van der Waals surface area (Å²) in [7, 11) is 1.46. The van der Waals surface area contributed by atoms with E-state index in [-0.39, 0.29) is 17.4 Å². The molecule has 0 bridgehead atoms. The Balaban J connectivity index is 1.65. The highest BCUT2D eigenvalue weighted by Crippen LogP contribution is 2.38. The van der Waals surface area contributed by atoms with Crippen LogP contribution in [0.25, 0.3) is 5.70 Å². The standard InChI is InChI=1S/C23H35F2N4OPS/c1-14(22(27)19-8-5-15(11-20(19)30)23(24,25)31)10-21(26)28-16-4-3-9-29(13-16)17-6-7-18(12-17)32-2/h5,8,10-11,16-18,28,30H,3-4,6-7,9,12-13,26-27,31H2,1-2H3/b21-10+,22-14-/t16?,17-,18?/m0/s1. The Bertz CT molecular complexity index is 874. The van der Waals surface area contributed by atoms with Gasteiger partial charge >= 0.3 is 0 Å². The van der Waals surface area contributed by atoms with Gasteiger partial charge in [-0.25, -0.2) is 0 Å². The van der Waals surface area contributed by atoms with E-state index >= 15 is 0 Å². The number of phenolic OH excluding ortho intramolecular Hbond substituents is 1. The molecule has 1 heterocycles. The molecular weight excluding hydrogens is 449 g/mol. The Morgan fingerprint density at radius 2 is 2.06 bits per heavy atom. The zero-order valence-corrected chi connectivity index (χ0v) is 20.8. The van der Waals surface area contributed by atoms with E-state index in [1.54, 1.807) is 13.0 Å². The molecule has 4 atom stereocenters. The van der Waals surface area contributed by atoms with E-state index in [4.69, 9.17) is 11.5 Å². The molecule has 0 aromatic heterocycles. The molecule has 1 saturated carbocycles. The van der Waals surface area contributed by atoms with Crippen LogP contribution in [0.15, 0.2) is 35.7 Å². The highest BCUT2D eigenvalue weighted by atomic mass is 32.2. The van der Waals surface area contributed by atoms with Gasteiger partial charge in [-0.3, -0.25) is 4.90 Å². The lowest BCUT2D eigenvalue weighted by molar-refractivity contribution is 0.103. The normalized spacial score (nSPS) is 26.2. The van der Waals surface area contributed by atoms with E-state index in [9.17, 15) is 13.9 Å². The second-order valence-corrected chi connectivity index (χ2v) is 10.7. The molecule has 0 spiro atoms. The van der Waals surface area contributed by atoms with Gasteiger partial charge < -0.3 is 21.9 Å². The summed E-state index contributed by atoms with van der Waals surface area (Å²) in [6.45, 7) is 3.91. The predicted octanol–water partition coefficient (Wildman–Crippen LogP) is 4.14. The van der Waals surface area contributed by atoms with Gasteiger partial charge in [0.05, 0.1) is 5.82 Å². The van der Waals surface area contributed by atoms with Gasteiger partial charge in [0.15, 0.2) is 0 Å². The molecule has 3 unspecified atom stereocenters. The number of thioether (sulfide) groups is 1. The number of allylic oxidation sites excluding steroid dienone is 2. The number of halogens is 2. The maximum Gasteiger partial charge on any atom is 0.284 e. The highest BCUT2D eigenvalue weighted by molar-refractivity contribution is 7.99. The van der Waals surface area contributed by atoms with E-state index in [2.05, 4.69) is 16.5 Å². The van der Waals surface area contributed by atoms with E-state index in [0.29, 0.717) is 28.7 Å². The molecule has 1 aromatic carbocycles. The summed E-state index contributed by atoms with van der Waals surface area (Å²) in [5.74, 6) is 0.225. The van der Waals surface area contributed by atoms with Crippen molar-refractivity contribution in [2.75, 3.05) is 19.3 Å². The lowest BCUT2D eigenvalue weighted by atomic mass is 10.0. The van der Waals surface area contributed by atoms with Gasteiger partial charge in [0.25, 0.3) is 5.66 Å². The van der Waals surface area contributed by atoms with Crippen molar-refractivity contribution in [2.24, 2.45) is 11.5 Å². The number of nitrogens with two attached hydrogens (primary N) is 2. The minimum atomic E-state index is -3.11. The number of rotatable bonds is 7. The number of nitrogens with zero attached hydrogens (tertiary/aromatic N) is 1. The van der Waals surface area contributed by atoms with E-state index in [1.807, 2.05) is 11.8 Å². The molecule has 9 heteroatoms. The average molecular weight is 485 g/mol. The van der Waals surface area contributed by atoms with Crippen molar-refractivity contribution in [1.29, 1.82) is 0 Å². The van der Waals surface area contributed by atoms with Crippen LogP contribution in [-0.2, 0) is 5.66 Å². The lowest BCUT2D eigenvalue weighted by Gasteiger charge is -2.37. The number of hydrogen-bond acceptors (Lipinski definition) is 6. The summed E-state index contributed by atoms with van der Waals surface area (Å²) in [5.41, 5.74) is 10.3. The van der Waals surface area contributed by atoms with Crippen molar-refractivity contribution in [3.8, 4) is 5.75 Å². The molecule has 5 nitrogen and oxygen atoms in total. The number of benzene rings is 1. The van der Waals surface area contributed by atoms with Crippen LogP contribution in [0.4, 0.5) is 8.78 Å². The molecule has 1 aliphatic heterocycles. The van der Waals surface area contributed by atoms with E-state index < -0.39 is 5.66 Å². The summed E-state index contributed by atoms with van der Waals surface area (Å²) >= 11 is 1.98. The zero-order valence-electron chi connectivity index (χ0n) is 18.8. The number of alkyl halides is 2. The Kier molecular flexibility index (Phi) is 8.34. The third-order valence-electron chi connectivity index (χ3n) is 6.50. The first-order chi connectivity index (χ1) is 15.1. The van der Waals surface area contributed by atoms with Crippen molar-refractivity contribution >= 4 is 26.7 Å². The highest BCUT2D eigenvalue weighted by Gasteiger charge is 2.32. The number of aromatic hydroxyl groups is 1. The van der Waals surface area contributed by atoms with Gasteiger partial charge in [0.1, 0.15) is 5.75 Å². The summed E-state index contributed by atoms with van der Waals surface area (Å²) < 4.78 is 26.9. The first-order valence-corrected chi connectivity index (χ1v) is 12.9. The molecular formula is C23H35F2N4OPS. The lowest BCUT2D eigenvalue weighted by Crippen LogP contribution is -2.49. The van der Waals surface area contributed by atoms with Gasteiger partial charge in [-0.15, -0.1) is 0 Å². The molecule has 0 radical (unpaired) electrons. The minimum absolute atomic E-state index is 0.277. The minimum Gasteiger partial charge on any atom is -0.507 e. The van der Waals surface area contributed by atoms with Gasteiger partial charge in [-0.1, -0.05) is 15.3 Å². The molecule has 32 heavy (non-hydrogen) atoms. The third kappa shape index (κ3) is 6.30. The summed E-state index contributed by atoms with van der Waals surface area (Å²) in [5, 5.41) is 14.4. The van der Waals surface area contributed by atoms with Gasteiger partial charge in [0.2, 0.25) is 0 Å². The molecule has 1 saturated heterocycles.